The molecule has 0 aromatic heterocycles. The van der Waals surface area contributed by atoms with Crippen molar-refractivity contribution in [3.8, 4) is 5.75 Å². The molecule has 0 radical (unpaired) electrons. The number of methoxy groups -OCH3 is 1. The summed E-state index contributed by atoms with van der Waals surface area (Å²) in [7, 11) is -1.97. The SMILES string of the molecule is CCC(c1ccc(OC)cc1)S(N)(=O)=O. The number of ether oxygens (including phenoxy) is 1. The molecule has 0 aliphatic carbocycles. The Bertz CT molecular complexity index is 411. The number of hydrogen-bond acceptors (Lipinski definition) is 3. The Hall–Kier alpha value is -1.07. The third-order valence-corrected chi connectivity index (χ3v) is 3.65. The molecule has 2 N–H and O–H groups in total. The number of benzene rings is 1. The molecule has 1 atom stereocenters. The second-order valence-corrected chi connectivity index (χ2v) is 5.01. The molecule has 0 fully saturated rings. The number of nitrogens with two attached hydrogens (primary N) is 1. The zero-order chi connectivity index (χ0) is 11.5. The molecule has 0 spiro atoms. The summed E-state index contributed by atoms with van der Waals surface area (Å²) in [6, 6.07) is 6.89. The Morgan fingerprint density at radius 2 is 1.87 bits per heavy atom. The van der Waals surface area contributed by atoms with Crippen LogP contribution < -0.4 is 9.88 Å². The minimum Gasteiger partial charge on any atom is -0.497 e. The third kappa shape index (κ3) is 2.94. The van der Waals surface area contributed by atoms with Crippen LogP contribution in [0.5, 0.6) is 5.75 Å². The number of primary sulfonamides is 1. The molecule has 0 saturated carbocycles. The van der Waals surface area contributed by atoms with Crippen molar-refractivity contribution in [2.45, 2.75) is 18.6 Å². The van der Waals surface area contributed by atoms with Crippen molar-refractivity contribution < 1.29 is 13.2 Å². The summed E-state index contributed by atoms with van der Waals surface area (Å²) in [5.74, 6) is 0.697. The second kappa shape index (κ2) is 4.63. The second-order valence-electron chi connectivity index (χ2n) is 3.26. The van der Waals surface area contributed by atoms with E-state index in [0.717, 1.165) is 0 Å². The van der Waals surface area contributed by atoms with E-state index in [1.807, 2.05) is 0 Å². The van der Waals surface area contributed by atoms with Gasteiger partial charge in [0.1, 0.15) is 5.75 Å². The van der Waals surface area contributed by atoms with E-state index >= 15 is 0 Å². The lowest BCUT2D eigenvalue weighted by Crippen LogP contribution is -2.21. The molecule has 0 aliphatic heterocycles. The summed E-state index contributed by atoms with van der Waals surface area (Å²) < 4.78 is 27.5. The summed E-state index contributed by atoms with van der Waals surface area (Å²) in [6.45, 7) is 1.79. The topological polar surface area (TPSA) is 69.4 Å². The first-order valence-electron chi connectivity index (χ1n) is 4.64. The van der Waals surface area contributed by atoms with Crippen molar-refractivity contribution in [1.29, 1.82) is 0 Å². The zero-order valence-electron chi connectivity index (χ0n) is 8.80. The largest absolute Gasteiger partial charge is 0.497 e. The standard InChI is InChI=1S/C10H15NO3S/c1-3-10(15(11,12)13)8-4-6-9(14-2)7-5-8/h4-7,10H,3H2,1-2H3,(H2,11,12,13). The van der Waals surface area contributed by atoms with Gasteiger partial charge in [-0.05, 0) is 24.1 Å². The van der Waals surface area contributed by atoms with E-state index in [2.05, 4.69) is 0 Å². The molecule has 0 bridgehead atoms. The molecule has 84 valence electrons. The molecule has 4 nitrogen and oxygen atoms in total. The molecule has 1 aromatic carbocycles. The fraction of sp³-hybridized carbons (Fsp3) is 0.400. The van der Waals surface area contributed by atoms with Crippen molar-refractivity contribution in [3.63, 3.8) is 0 Å². The van der Waals surface area contributed by atoms with Crippen molar-refractivity contribution in [3.05, 3.63) is 29.8 Å². The molecular weight excluding hydrogens is 214 g/mol. The van der Waals surface area contributed by atoms with E-state index in [-0.39, 0.29) is 0 Å². The van der Waals surface area contributed by atoms with Crippen LogP contribution in [0.2, 0.25) is 0 Å². The van der Waals surface area contributed by atoms with Crippen LogP contribution in [-0.2, 0) is 10.0 Å². The number of rotatable bonds is 4. The van der Waals surface area contributed by atoms with Crippen LogP contribution >= 0.6 is 0 Å². The van der Waals surface area contributed by atoms with Crippen molar-refractivity contribution in [2.75, 3.05) is 7.11 Å². The molecule has 1 unspecified atom stereocenters. The first-order valence-corrected chi connectivity index (χ1v) is 6.25. The molecule has 0 saturated heterocycles. The Kier molecular flexibility index (Phi) is 3.71. The monoisotopic (exact) mass is 229 g/mol. The Labute approximate surface area is 90.1 Å². The maximum absolute atomic E-state index is 11.3. The number of sulfonamides is 1. The predicted octanol–water partition coefficient (Wildman–Crippen LogP) is 1.43. The summed E-state index contributed by atoms with van der Waals surface area (Å²) in [4.78, 5) is 0. The van der Waals surface area contributed by atoms with E-state index < -0.39 is 15.3 Å². The summed E-state index contributed by atoms with van der Waals surface area (Å²) in [5, 5.41) is 4.50. The average Bonchev–Trinajstić information content (AvgIpc) is 2.18. The van der Waals surface area contributed by atoms with Crippen LogP contribution in [-0.4, -0.2) is 15.5 Å². The maximum atomic E-state index is 11.3. The lowest BCUT2D eigenvalue weighted by Gasteiger charge is -2.12. The van der Waals surface area contributed by atoms with Crippen LogP contribution in [0, 0.1) is 0 Å². The Morgan fingerprint density at radius 3 is 2.20 bits per heavy atom. The Morgan fingerprint density at radius 1 is 1.33 bits per heavy atom. The highest BCUT2D eigenvalue weighted by molar-refractivity contribution is 7.89. The van der Waals surface area contributed by atoms with Gasteiger partial charge in [0.25, 0.3) is 0 Å². The normalized spacial score (nSPS) is 13.5. The number of hydrogen-bond donors (Lipinski definition) is 1. The zero-order valence-corrected chi connectivity index (χ0v) is 9.62. The minimum atomic E-state index is -3.53. The van der Waals surface area contributed by atoms with Gasteiger partial charge in [-0.2, -0.15) is 0 Å². The van der Waals surface area contributed by atoms with Gasteiger partial charge >= 0.3 is 0 Å². The molecule has 15 heavy (non-hydrogen) atoms. The van der Waals surface area contributed by atoms with E-state index in [1.54, 1.807) is 38.3 Å². The third-order valence-electron chi connectivity index (χ3n) is 2.25. The van der Waals surface area contributed by atoms with E-state index in [0.29, 0.717) is 17.7 Å². The van der Waals surface area contributed by atoms with Crippen LogP contribution in [0.25, 0.3) is 0 Å². The van der Waals surface area contributed by atoms with Crippen LogP contribution in [0.4, 0.5) is 0 Å². The fourth-order valence-electron chi connectivity index (χ4n) is 1.48. The van der Waals surface area contributed by atoms with Gasteiger partial charge in [-0.25, -0.2) is 13.6 Å². The highest BCUT2D eigenvalue weighted by atomic mass is 32.2. The van der Waals surface area contributed by atoms with Gasteiger partial charge in [0.05, 0.1) is 12.4 Å². The van der Waals surface area contributed by atoms with Gasteiger partial charge in [-0.3, -0.25) is 0 Å². The molecule has 5 heteroatoms. The molecule has 0 aliphatic rings. The van der Waals surface area contributed by atoms with Crippen molar-refractivity contribution in [1.82, 2.24) is 0 Å². The quantitative estimate of drug-likeness (QED) is 0.849. The summed E-state index contributed by atoms with van der Waals surface area (Å²) in [6.07, 6.45) is 0.463. The first kappa shape index (κ1) is 12.0. The highest BCUT2D eigenvalue weighted by Gasteiger charge is 2.21. The van der Waals surface area contributed by atoms with Crippen LogP contribution in [0.3, 0.4) is 0 Å². The van der Waals surface area contributed by atoms with Gasteiger partial charge in [0.2, 0.25) is 10.0 Å². The van der Waals surface area contributed by atoms with Gasteiger partial charge in [-0.1, -0.05) is 19.1 Å². The van der Waals surface area contributed by atoms with Gasteiger partial charge in [0, 0.05) is 0 Å². The van der Waals surface area contributed by atoms with E-state index in [4.69, 9.17) is 9.88 Å². The molecule has 0 amide bonds. The lowest BCUT2D eigenvalue weighted by molar-refractivity contribution is 0.414. The lowest BCUT2D eigenvalue weighted by atomic mass is 10.1. The molecular formula is C10H15NO3S. The average molecular weight is 229 g/mol. The van der Waals surface area contributed by atoms with E-state index in [1.165, 1.54) is 0 Å². The minimum absolute atomic E-state index is 0.463. The smallest absolute Gasteiger partial charge is 0.216 e. The molecule has 1 rings (SSSR count). The predicted molar refractivity (Wildman–Crippen MR) is 59.1 cm³/mol. The summed E-state index contributed by atoms with van der Waals surface area (Å²) >= 11 is 0. The Balaban J connectivity index is 3.04. The van der Waals surface area contributed by atoms with Crippen LogP contribution in [0.15, 0.2) is 24.3 Å². The molecule has 1 aromatic rings. The van der Waals surface area contributed by atoms with Crippen molar-refractivity contribution in [2.24, 2.45) is 5.14 Å². The maximum Gasteiger partial charge on any atom is 0.216 e. The van der Waals surface area contributed by atoms with Gasteiger partial charge in [0.15, 0.2) is 0 Å². The van der Waals surface area contributed by atoms with Gasteiger partial charge < -0.3 is 4.74 Å². The van der Waals surface area contributed by atoms with Crippen molar-refractivity contribution >= 4 is 10.0 Å². The molecule has 0 heterocycles. The van der Waals surface area contributed by atoms with Crippen LogP contribution in [0.1, 0.15) is 24.2 Å². The van der Waals surface area contributed by atoms with Gasteiger partial charge in [-0.15, -0.1) is 0 Å². The fourth-order valence-corrected chi connectivity index (χ4v) is 2.48. The van der Waals surface area contributed by atoms with E-state index in [9.17, 15) is 8.42 Å². The first-order chi connectivity index (χ1) is 6.99. The summed E-state index contributed by atoms with van der Waals surface area (Å²) in [5.41, 5.74) is 0.695. The highest BCUT2D eigenvalue weighted by Crippen LogP contribution is 2.25.